The van der Waals surface area contributed by atoms with E-state index in [4.69, 9.17) is 0 Å². The summed E-state index contributed by atoms with van der Waals surface area (Å²) in [6, 6.07) is 9.30. The molecule has 5 heterocycles. The smallest absolute Gasteiger partial charge is 0.200 e. The van der Waals surface area contributed by atoms with Gasteiger partial charge in [-0.1, -0.05) is 0 Å². The van der Waals surface area contributed by atoms with E-state index in [0.717, 1.165) is 24.3 Å². The van der Waals surface area contributed by atoms with Crippen molar-refractivity contribution >= 4 is 0 Å². The van der Waals surface area contributed by atoms with Crippen LogP contribution < -0.4 is 0 Å². The first-order valence-electron chi connectivity index (χ1n) is 15.6. The Morgan fingerprint density at radius 3 is 0.833 bits per heavy atom. The zero-order valence-electron chi connectivity index (χ0n) is 26.4. The Bertz CT molecular complexity index is 2420. The highest BCUT2D eigenvalue weighted by atomic mass is 19.2. The summed E-state index contributed by atoms with van der Waals surface area (Å²) >= 11 is 0. The maximum Gasteiger partial charge on any atom is 0.200 e. The van der Waals surface area contributed by atoms with Crippen LogP contribution in [0.5, 0.6) is 0 Å². The van der Waals surface area contributed by atoms with Gasteiger partial charge in [0.15, 0.2) is 69.8 Å². The van der Waals surface area contributed by atoms with Crippen molar-refractivity contribution in [1.82, 2.24) is 19.9 Å². The van der Waals surface area contributed by atoms with Crippen LogP contribution in [0.1, 0.15) is 68.6 Å². The number of aromatic nitrogens is 4. The lowest BCUT2D eigenvalue weighted by Gasteiger charge is -2.21. The first kappa shape index (κ1) is 34.9. The summed E-state index contributed by atoms with van der Waals surface area (Å²) in [6.07, 6.45) is 0. The van der Waals surface area contributed by atoms with E-state index >= 15 is 26.3 Å². The van der Waals surface area contributed by atoms with Gasteiger partial charge in [0.1, 0.15) is 0 Å². The second-order valence-electron chi connectivity index (χ2n) is 12.4. The zero-order valence-corrected chi connectivity index (χ0v) is 26.4. The number of nitrogens with one attached hydrogen (secondary N) is 4. The molecule has 1 aliphatic heterocycles. The van der Waals surface area contributed by atoms with Crippen LogP contribution >= 0.6 is 0 Å². The molecule has 2 unspecified atom stereocenters. The number of benzene rings is 3. The van der Waals surface area contributed by atoms with Gasteiger partial charge in [-0.2, -0.15) is 0 Å². The predicted molar refractivity (Wildman–Crippen MR) is 164 cm³/mol. The van der Waals surface area contributed by atoms with Crippen molar-refractivity contribution in [1.29, 1.82) is 0 Å². The van der Waals surface area contributed by atoms with Crippen molar-refractivity contribution in [3.8, 4) is 11.4 Å². The molecule has 0 aliphatic carbocycles. The number of hydrogen-bond acceptors (Lipinski definition) is 0. The molecule has 1 aliphatic rings. The van der Waals surface area contributed by atoms with Gasteiger partial charge in [0, 0.05) is 63.0 Å². The molecule has 7 aromatic rings. The molecule has 3 aromatic carbocycles. The van der Waals surface area contributed by atoms with Crippen molar-refractivity contribution in [3.63, 3.8) is 0 Å². The van der Waals surface area contributed by atoms with Crippen molar-refractivity contribution in [2.75, 3.05) is 0 Å². The summed E-state index contributed by atoms with van der Waals surface area (Å²) in [7, 11) is 0. The Kier molecular flexibility index (Phi) is 8.08. The maximum atomic E-state index is 15.6. The van der Waals surface area contributed by atoms with Gasteiger partial charge in [-0.25, -0.2) is 57.1 Å². The number of rotatable bonds is 3. The predicted octanol–water partition coefficient (Wildman–Crippen LogP) is 10.3. The molecule has 0 saturated carbocycles. The van der Waals surface area contributed by atoms with Gasteiger partial charge in [-0.05, 0) is 48.5 Å². The number of H-pyrrole nitrogens is 4. The van der Waals surface area contributed by atoms with Gasteiger partial charge >= 0.3 is 0 Å². The molecule has 0 fully saturated rings. The molecule has 0 spiro atoms. The fourth-order valence-corrected chi connectivity index (χ4v) is 7.01. The maximum absolute atomic E-state index is 15.6. The third kappa shape index (κ3) is 5.15. The fraction of sp³-hybridized carbons (Fsp3) is 0.0811. The molecule has 0 amide bonds. The molecule has 4 N–H and O–H groups in total. The van der Waals surface area contributed by atoms with E-state index in [9.17, 15) is 30.7 Å². The van der Waals surface area contributed by atoms with Crippen LogP contribution in [-0.2, 0) is 0 Å². The second kappa shape index (κ2) is 12.5. The van der Waals surface area contributed by atoms with Crippen LogP contribution in [0.2, 0.25) is 0 Å². The highest BCUT2D eigenvalue weighted by Gasteiger charge is 2.38. The lowest BCUT2D eigenvalue weighted by Crippen LogP contribution is -2.16. The molecule has 0 radical (unpaired) electrons. The normalized spacial score (nSPS) is 16.8. The van der Waals surface area contributed by atoms with Crippen LogP contribution in [0.4, 0.5) is 57.1 Å². The minimum Gasteiger partial charge on any atom is -0.361 e. The summed E-state index contributed by atoms with van der Waals surface area (Å²) in [5, 5.41) is 0. The molecular weight excluding hydrogens is 747 g/mol. The highest BCUT2D eigenvalue weighted by molar-refractivity contribution is 5.59. The molecule has 276 valence electrons. The van der Waals surface area contributed by atoms with Crippen molar-refractivity contribution < 1.29 is 57.1 Å². The Balaban J connectivity index is 1.47. The van der Waals surface area contributed by atoms with Crippen LogP contribution in [0.3, 0.4) is 0 Å². The molecule has 4 aromatic heterocycles. The molecular formula is C37H17F13N4. The second-order valence-corrected chi connectivity index (χ2v) is 12.4. The van der Waals surface area contributed by atoms with E-state index in [1.165, 1.54) is 24.3 Å². The lowest BCUT2D eigenvalue weighted by atomic mass is 9.91. The molecule has 8 bridgehead atoms. The summed E-state index contributed by atoms with van der Waals surface area (Å²) in [5.41, 5.74) is -5.42. The SMILES string of the molecule is Fc1cc(F)c(F)c(C2c3ccc([nH]3)-c3ccc([nH]3)C(c3c(F)c(F)cc(F)c3F)c3ccc([nH]3)C(c3c(F)c(F)c(F)c(F)c3F)c3ccc2[nH]3)c1F. The summed E-state index contributed by atoms with van der Waals surface area (Å²) in [5.74, 6) is -32.0. The average molecular weight is 765 g/mol. The Morgan fingerprint density at radius 1 is 0.278 bits per heavy atom. The van der Waals surface area contributed by atoms with Crippen LogP contribution in [0.25, 0.3) is 11.4 Å². The molecule has 0 saturated heterocycles. The molecule has 4 nitrogen and oxygen atoms in total. The van der Waals surface area contributed by atoms with E-state index in [1.807, 2.05) is 0 Å². The van der Waals surface area contributed by atoms with E-state index in [2.05, 4.69) is 19.9 Å². The summed E-state index contributed by atoms with van der Waals surface area (Å²) < 4.78 is 195. The lowest BCUT2D eigenvalue weighted by molar-refractivity contribution is 0.368. The standard InChI is InChI=1S/C37H17F13N4/c38-11-9-12(39)30(43)26(29(11)42)23-17-3-1-15(51-17)16-2-4-18(52-16)24(27-31(44)13(40)10-14(41)32(27)45)20-6-8-22(54-20)25(21-7-5-19(23)53-21)28-33(46)35(48)37(50)36(49)34(28)47/h1-10,23-25,51-54H. The first-order chi connectivity index (χ1) is 25.7. The van der Waals surface area contributed by atoms with E-state index in [-0.39, 0.29) is 46.3 Å². The highest BCUT2D eigenvalue weighted by Crippen LogP contribution is 2.44. The van der Waals surface area contributed by atoms with Crippen molar-refractivity contribution in [2.24, 2.45) is 0 Å². The minimum atomic E-state index is -2.51. The first-order valence-corrected chi connectivity index (χ1v) is 15.6. The van der Waals surface area contributed by atoms with Crippen molar-refractivity contribution in [3.05, 3.63) is 187 Å². The summed E-state index contributed by atoms with van der Waals surface area (Å²) in [4.78, 5) is 10.9. The number of fused-ring (bicyclic) bond motifs is 9. The molecule has 54 heavy (non-hydrogen) atoms. The van der Waals surface area contributed by atoms with E-state index in [1.54, 1.807) is 0 Å². The largest absolute Gasteiger partial charge is 0.361 e. The Labute approximate surface area is 293 Å². The average Bonchev–Trinajstić information content (AvgIpc) is 3.98. The van der Waals surface area contributed by atoms with Gasteiger partial charge in [0.2, 0.25) is 5.82 Å². The van der Waals surface area contributed by atoms with Gasteiger partial charge in [-0.3, -0.25) is 0 Å². The molecule has 17 heteroatoms. The monoisotopic (exact) mass is 764 g/mol. The van der Waals surface area contributed by atoms with Gasteiger partial charge < -0.3 is 19.9 Å². The Hall–Kier alpha value is -6.13. The van der Waals surface area contributed by atoms with Crippen LogP contribution in [-0.4, -0.2) is 19.9 Å². The zero-order chi connectivity index (χ0) is 38.5. The molecule has 2 atom stereocenters. The number of hydrogen-bond donors (Lipinski definition) is 4. The quantitative estimate of drug-likeness (QED) is 0.0787. The van der Waals surface area contributed by atoms with Gasteiger partial charge in [0.25, 0.3) is 0 Å². The van der Waals surface area contributed by atoms with E-state index in [0.29, 0.717) is 0 Å². The van der Waals surface area contributed by atoms with Crippen LogP contribution in [0, 0.1) is 75.6 Å². The van der Waals surface area contributed by atoms with Crippen molar-refractivity contribution in [2.45, 2.75) is 17.8 Å². The van der Waals surface area contributed by atoms with Crippen LogP contribution in [0.15, 0.2) is 60.7 Å². The topological polar surface area (TPSA) is 63.2 Å². The third-order valence-electron chi connectivity index (χ3n) is 9.44. The fourth-order valence-electron chi connectivity index (χ4n) is 7.01. The Morgan fingerprint density at radius 2 is 0.519 bits per heavy atom. The third-order valence-corrected chi connectivity index (χ3v) is 9.44. The number of aromatic amines is 4. The molecule has 8 rings (SSSR count). The minimum absolute atomic E-state index is 0.0317. The van der Waals surface area contributed by atoms with E-state index < -0.39 is 121 Å². The summed E-state index contributed by atoms with van der Waals surface area (Å²) in [6.45, 7) is 0. The van der Waals surface area contributed by atoms with Gasteiger partial charge in [-0.15, -0.1) is 0 Å². The van der Waals surface area contributed by atoms with Gasteiger partial charge in [0.05, 0.1) is 29.1 Å². The number of halogens is 13.